The summed E-state index contributed by atoms with van der Waals surface area (Å²) in [6.45, 7) is 0. The largest absolute Gasteiger partial charge is 0.349 e. The standard InChI is InChI=1S/C18H16ClFN6O/c19-15-9-10(4-5-16(15)20)12-7-14(8-12)21-17(27)11-2-1-3-13(6-11)22-18-23-25-26-24-18/h1-6,9,12,14H,7-8H2,(H,21,27)(H2,22,23,24,25,26). The second-order valence-corrected chi connectivity index (χ2v) is 6.86. The first-order valence-electron chi connectivity index (χ1n) is 8.45. The zero-order chi connectivity index (χ0) is 18.8. The van der Waals surface area contributed by atoms with E-state index in [4.69, 9.17) is 11.6 Å². The van der Waals surface area contributed by atoms with Crippen LogP contribution in [0.4, 0.5) is 16.0 Å². The van der Waals surface area contributed by atoms with Gasteiger partial charge in [0.15, 0.2) is 0 Å². The Labute approximate surface area is 159 Å². The number of aromatic amines is 1. The van der Waals surface area contributed by atoms with Crippen molar-refractivity contribution in [1.82, 2.24) is 25.9 Å². The number of nitrogens with one attached hydrogen (secondary N) is 3. The van der Waals surface area contributed by atoms with Gasteiger partial charge in [-0.2, -0.15) is 5.21 Å². The second-order valence-electron chi connectivity index (χ2n) is 6.45. The molecule has 2 aromatic carbocycles. The van der Waals surface area contributed by atoms with Crippen molar-refractivity contribution in [3.63, 3.8) is 0 Å². The van der Waals surface area contributed by atoms with Gasteiger partial charge in [-0.25, -0.2) is 4.39 Å². The Kier molecular flexibility index (Phi) is 4.72. The lowest BCUT2D eigenvalue weighted by atomic mass is 9.76. The minimum atomic E-state index is -0.418. The molecule has 4 rings (SSSR count). The normalized spacial score (nSPS) is 18.6. The van der Waals surface area contributed by atoms with Crippen molar-refractivity contribution < 1.29 is 9.18 Å². The highest BCUT2D eigenvalue weighted by atomic mass is 35.5. The third kappa shape index (κ3) is 3.90. The van der Waals surface area contributed by atoms with Gasteiger partial charge in [0.1, 0.15) is 5.82 Å². The Balaban J connectivity index is 1.34. The number of benzene rings is 2. The van der Waals surface area contributed by atoms with Crippen LogP contribution in [0.3, 0.4) is 0 Å². The molecule has 0 aliphatic heterocycles. The Hall–Kier alpha value is -3.00. The summed E-state index contributed by atoms with van der Waals surface area (Å²) in [5.74, 6) is 0.0400. The van der Waals surface area contributed by atoms with Gasteiger partial charge in [0.25, 0.3) is 11.9 Å². The molecule has 0 bridgehead atoms. The minimum Gasteiger partial charge on any atom is -0.349 e. The van der Waals surface area contributed by atoms with Crippen LogP contribution in [-0.4, -0.2) is 32.6 Å². The highest BCUT2D eigenvalue weighted by molar-refractivity contribution is 6.30. The topological polar surface area (TPSA) is 95.6 Å². The molecule has 138 valence electrons. The third-order valence-electron chi connectivity index (χ3n) is 4.61. The van der Waals surface area contributed by atoms with Crippen LogP contribution in [0.25, 0.3) is 0 Å². The van der Waals surface area contributed by atoms with E-state index in [0.717, 1.165) is 18.4 Å². The van der Waals surface area contributed by atoms with Crippen molar-refractivity contribution in [2.45, 2.75) is 24.8 Å². The number of nitrogens with zero attached hydrogens (tertiary/aromatic N) is 3. The third-order valence-corrected chi connectivity index (χ3v) is 4.90. The molecule has 1 aliphatic rings. The maximum Gasteiger partial charge on any atom is 0.267 e. The van der Waals surface area contributed by atoms with Gasteiger partial charge in [0, 0.05) is 17.3 Å². The number of hydrogen-bond acceptors (Lipinski definition) is 5. The first kappa shape index (κ1) is 17.4. The fourth-order valence-corrected chi connectivity index (χ4v) is 3.31. The van der Waals surface area contributed by atoms with E-state index in [0.29, 0.717) is 17.2 Å². The van der Waals surface area contributed by atoms with Gasteiger partial charge in [0.05, 0.1) is 5.02 Å². The van der Waals surface area contributed by atoms with Gasteiger partial charge in [-0.15, -0.1) is 5.10 Å². The molecule has 0 atom stereocenters. The number of carbonyl (C=O) groups is 1. The van der Waals surface area contributed by atoms with Crippen LogP contribution < -0.4 is 10.6 Å². The molecule has 9 heteroatoms. The first-order valence-corrected chi connectivity index (χ1v) is 8.82. The Morgan fingerprint density at radius 3 is 2.81 bits per heavy atom. The number of aromatic nitrogens is 4. The molecule has 3 N–H and O–H groups in total. The molecule has 1 aliphatic carbocycles. The maximum atomic E-state index is 13.3. The SMILES string of the molecule is O=C(NC1CC(c2ccc(F)c(Cl)c2)C1)c1cccc(Nc2nn[nH]n2)c1. The zero-order valence-corrected chi connectivity index (χ0v) is 14.9. The van der Waals surface area contributed by atoms with E-state index in [-0.39, 0.29) is 22.9 Å². The van der Waals surface area contributed by atoms with Crippen molar-refractivity contribution in [3.8, 4) is 0 Å². The summed E-state index contributed by atoms with van der Waals surface area (Å²) in [5.41, 5.74) is 2.23. The van der Waals surface area contributed by atoms with Crippen LogP contribution in [-0.2, 0) is 0 Å². The smallest absolute Gasteiger partial charge is 0.267 e. The van der Waals surface area contributed by atoms with E-state index in [2.05, 4.69) is 31.3 Å². The van der Waals surface area contributed by atoms with Gasteiger partial charge in [0.2, 0.25) is 0 Å². The molecule has 3 aromatic rings. The van der Waals surface area contributed by atoms with E-state index in [1.807, 2.05) is 6.07 Å². The van der Waals surface area contributed by atoms with Crippen molar-refractivity contribution in [1.29, 1.82) is 0 Å². The number of anilines is 2. The number of tetrazole rings is 1. The number of H-pyrrole nitrogens is 1. The van der Waals surface area contributed by atoms with Gasteiger partial charge in [-0.1, -0.05) is 28.8 Å². The van der Waals surface area contributed by atoms with E-state index in [1.54, 1.807) is 30.3 Å². The van der Waals surface area contributed by atoms with Crippen molar-refractivity contribution in [2.24, 2.45) is 0 Å². The summed E-state index contributed by atoms with van der Waals surface area (Å²) in [4.78, 5) is 12.5. The minimum absolute atomic E-state index is 0.0835. The Morgan fingerprint density at radius 1 is 1.22 bits per heavy atom. The van der Waals surface area contributed by atoms with Crippen LogP contribution in [0.1, 0.15) is 34.7 Å². The predicted molar refractivity (Wildman–Crippen MR) is 98.5 cm³/mol. The number of carbonyl (C=O) groups excluding carboxylic acids is 1. The fraction of sp³-hybridized carbons (Fsp3) is 0.222. The van der Waals surface area contributed by atoms with Gasteiger partial charge in [-0.05, 0) is 59.9 Å². The molecule has 1 aromatic heterocycles. The monoisotopic (exact) mass is 386 g/mol. The molecular weight excluding hydrogens is 371 g/mol. The highest BCUT2D eigenvalue weighted by Crippen LogP contribution is 2.38. The Morgan fingerprint density at radius 2 is 2.07 bits per heavy atom. The fourth-order valence-electron chi connectivity index (χ4n) is 3.12. The summed E-state index contributed by atoms with van der Waals surface area (Å²) in [6, 6.07) is 11.9. The predicted octanol–water partition coefficient (Wildman–Crippen LogP) is 3.41. The summed E-state index contributed by atoms with van der Waals surface area (Å²) >= 11 is 5.84. The summed E-state index contributed by atoms with van der Waals surface area (Å²) < 4.78 is 13.3. The number of rotatable bonds is 5. The molecule has 1 saturated carbocycles. The molecule has 1 heterocycles. The second kappa shape index (κ2) is 7.32. The van der Waals surface area contributed by atoms with Crippen LogP contribution in [0.2, 0.25) is 5.02 Å². The average Bonchev–Trinajstić information content (AvgIpc) is 3.13. The van der Waals surface area contributed by atoms with E-state index in [1.165, 1.54) is 6.07 Å². The number of hydrogen-bond donors (Lipinski definition) is 3. The molecule has 7 nitrogen and oxygen atoms in total. The lowest BCUT2D eigenvalue weighted by Gasteiger charge is -2.36. The van der Waals surface area contributed by atoms with Crippen LogP contribution in [0.5, 0.6) is 0 Å². The highest BCUT2D eigenvalue weighted by Gasteiger charge is 2.31. The van der Waals surface area contributed by atoms with Crippen molar-refractivity contribution >= 4 is 29.1 Å². The molecule has 0 spiro atoms. The lowest BCUT2D eigenvalue weighted by Crippen LogP contribution is -2.43. The van der Waals surface area contributed by atoms with Crippen molar-refractivity contribution in [3.05, 3.63) is 64.4 Å². The van der Waals surface area contributed by atoms with Crippen LogP contribution in [0.15, 0.2) is 42.5 Å². The number of amides is 1. The molecule has 27 heavy (non-hydrogen) atoms. The zero-order valence-electron chi connectivity index (χ0n) is 14.1. The molecule has 0 unspecified atom stereocenters. The van der Waals surface area contributed by atoms with Gasteiger partial charge >= 0.3 is 0 Å². The van der Waals surface area contributed by atoms with E-state index < -0.39 is 5.82 Å². The van der Waals surface area contributed by atoms with Crippen LogP contribution >= 0.6 is 11.6 Å². The van der Waals surface area contributed by atoms with E-state index >= 15 is 0 Å². The molecule has 1 amide bonds. The van der Waals surface area contributed by atoms with Gasteiger partial charge in [-0.3, -0.25) is 4.79 Å². The molecule has 0 saturated heterocycles. The van der Waals surface area contributed by atoms with E-state index in [9.17, 15) is 9.18 Å². The average molecular weight is 387 g/mol. The van der Waals surface area contributed by atoms with Crippen molar-refractivity contribution in [2.75, 3.05) is 5.32 Å². The molecular formula is C18H16ClFN6O. The Bertz CT molecular complexity index is 958. The molecule has 0 radical (unpaired) electrons. The first-order chi connectivity index (χ1) is 13.1. The summed E-state index contributed by atoms with van der Waals surface area (Å²) in [5, 5.41) is 19.6. The lowest BCUT2D eigenvalue weighted by molar-refractivity contribution is 0.0909. The van der Waals surface area contributed by atoms with Crippen LogP contribution in [0, 0.1) is 5.82 Å². The molecule has 1 fully saturated rings. The quantitative estimate of drug-likeness (QED) is 0.624. The number of halogens is 2. The maximum absolute atomic E-state index is 13.3. The summed E-state index contributed by atoms with van der Waals surface area (Å²) in [6.07, 6.45) is 1.60. The summed E-state index contributed by atoms with van der Waals surface area (Å²) in [7, 11) is 0. The van der Waals surface area contributed by atoms with Gasteiger partial charge < -0.3 is 10.6 Å².